The first-order valence-corrected chi connectivity index (χ1v) is 8.95. The van der Waals surface area contributed by atoms with Crippen molar-refractivity contribution in [2.45, 2.75) is 32.2 Å². The van der Waals surface area contributed by atoms with Crippen LogP contribution in [0.1, 0.15) is 30.9 Å². The number of hydrogen-bond acceptors (Lipinski definition) is 3. The molecule has 1 heterocycles. The van der Waals surface area contributed by atoms with E-state index in [0.717, 1.165) is 26.1 Å². The summed E-state index contributed by atoms with van der Waals surface area (Å²) >= 11 is 0. The normalized spacial score (nSPS) is 19.5. The zero-order valence-corrected chi connectivity index (χ0v) is 15.5. The predicted octanol–water partition coefficient (Wildman–Crippen LogP) is 1.90. The molecule has 1 fully saturated rings. The fourth-order valence-corrected chi connectivity index (χ4v) is 2.98. The Morgan fingerprint density at radius 1 is 1.17 bits per heavy atom. The number of benzene rings is 1. The third-order valence-corrected chi connectivity index (χ3v) is 4.82. The van der Waals surface area contributed by atoms with Gasteiger partial charge in [-0.2, -0.15) is 0 Å². The van der Waals surface area contributed by atoms with Crippen molar-refractivity contribution in [2.75, 3.05) is 46.8 Å². The van der Waals surface area contributed by atoms with Crippen LogP contribution < -0.4 is 10.6 Å². The Kier molecular flexibility index (Phi) is 7.06. The van der Waals surface area contributed by atoms with Gasteiger partial charge in [0.15, 0.2) is 0 Å². The van der Waals surface area contributed by atoms with Crippen LogP contribution in [0.2, 0.25) is 0 Å². The zero-order valence-electron chi connectivity index (χ0n) is 15.5. The molecule has 1 aromatic rings. The largest absolute Gasteiger partial charge is 0.338 e. The predicted molar refractivity (Wildman–Crippen MR) is 99.6 cm³/mol. The maximum atomic E-state index is 12.0. The van der Waals surface area contributed by atoms with Crippen LogP contribution >= 0.6 is 0 Å². The molecule has 0 saturated carbocycles. The lowest BCUT2D eigenvalue weighted by atomic mass is 10.0. The Morgan fingerprint density at radius 3 is 2.54 bits per heavy atom. The van der Waals surface area contributed by atoms with Crippen molar-refractivity contribution in [1.29, 1.82) is 0 Å². The van der Waals surface area contributed by atoms with Crippen molar-refractivity contribution in [3.8, 4) is 0 Å². The molecule has 0 radical (unpaired) electrons. The Morgan fingerprint density at radius 2 is 1.88 bits per heavy atom. The third kappa shape index (κ3) is 5.80. The van der Waals surface area contributed by atoms with Gasteiger partial charge in [-0.1, -0.05) is 38.1 Å². The van der Waals surface area contributed by atoms with Crippen molar-refractivity contribution < 1.29 is 4.79 Å². The van der Waals surface area contributed by atoms with Gasteiger partial charge >= 0.3 is 6.03 Å². The Bertz CT molecular complexity index is 515. The summed E-state index contributed by atoms with van der Waals surface area (Å²) in [4.78, 5) is 16.6. The standard InChI is InChI=1S/C19H32N4O/c1-15(2)17-7-5-16(6-8-17)9-10-20-19(24)21-13-18-14-22(3)11-12-23(18)4/h5-8,15,18H,9-14H2,1-4H3,(H2,20,21,24)/t18-/m1/s1. The number of nitrogens with zero attached hydrogens (tertiary/aromatic N) is 2. The van der Waals surface area contributed by atoms with Gasteiger partial charge in [0, 0.05) is 38.8 Å². The molecule has 5 heteroatoms. The number of carbonyl (C=O) groups is 1. The first kappa shape index (κ1) is 18.7. The minimum Gasteiger partial charge on any atom is -0.338 e. The van der Waals surface area contributed by atoms with Crippen LogP contribution in [-0.2, 0) is 6.42 Å². The molecule has 1 aliphatic heterocycles. The first-order chi connectivity index (χ1) is 11.5. The summed E-state index contributed by atoms with van der Waals surface area (Å²) in [7, 11) is 4.25. The molecule has 0 spiro atoms. The number of likely N-dealkylation sites (N-methyl/N-ethyl adjacent to an activating group) is 2. The third-order valence-electron chi connectivity index (χ3n) is 4.82. The lowest BCUT2D eigenvalue weighted by Gasteiger charge is -2.37. The number of amides is 2. The van der Waals surface area contributed by atoms with E-state index in [1.165, 1.54) is 11.1 Å². The molecule has 2 amide bonds. The molecule has 0 unspecified atom stereocenters. The van der Waals surface area contributed by atoms with Crippen LogP contribution in [0.25, 0.3) is 0 Å². The number of nitrogens with one attached hydrogen (secondary N) is 2. The molecule has 1 aromatic carbocycles. The Hall–Kier alpha value is -1.59. The quantitative estimate of drug-likeness (QED) is 0.836. The maximum absolute atomic E-state index is 12.0. The molecule has 1 atom stereocenters. The van der Waals surface area contributed by atoms with Crippen LogP contribution in [0.4, 0.5) is 4.79 Å². The summed E-state index contributed by atoms with van der Waals surface area (Å²) in [5.74, 6) is 0.555. The minimum atomic E-state index is -0.0737. The molecule has 0 bridgehead atoms. The average molecular weight is 332 g/mol. The number of carbonyl (C=O) groups excluding carboxylic acids is 1. The summed E-state index contributed by atoms with van der Waals surface area (Å²) in [5, 5.41) is 5.95. The molecule has 2 rings (SSSR count). The first-order valence-electron chi connectivity index (χ1n) is 8.95. The average Bonchev–Trinajstić information content (AvgIpc) is 2.56. The van der Waals surface area contributed by atoms with Crippen LogP contribution in [0, 0.1) is 0 Å². The Labute approximate surface area is 146 Å². The van der Waals surface area contributed by atoms with E-state index in [4.69, 9.17) is 0 Å². The summed E-state index contributed by atoms with van der Waals surface area (Å²) in [6.07, 6.45) is 0.859. The molecule has 1 saturated heterocycles. The van der Waals surface area contributed by atoms with Gasteiger partial charge in [-0.25, -0.2) is 4.79 Å². The van der Waals surface area contributed by atoms with Crippen molar-refractivity contribution in [2.24, 2.45) is 0 Å². The number of piperazine rings is 1. The Balaban J connectivity index is 1.66. The van der Waals surface area contributed by atoms with Gasteiger partial charge in [0.25, 0.3) is 0 Å². The van der Waals surface area contributed by atoms with Crippen LogP contribution in [0.15, 0.2) is 24.3 Å². The van der Waals surface area contributed by atoms with Crippen LogP contribution in [-0.4, -0.2) is 68.7 Å². The zero-order chi connectivity index (χ0) is 17.5. The van der Waals surface area contributed by atoms with Gasteiger partial charge < -0.3 is 15.5 Å². The molecule has 24 heavy (non-hydrogen) atoms. The molecule has 2 N–H and O–H groups in total. The van der Waals surface area contributed by atoms with Gasteiger partial charge in [-0.15, -0.1) is 0 Å². The van der Waals surface area contributed by atoms with E-state index >= 15 is 0 Å². The molecule has 0 aromatic heterocycles. The fraction of sp³-hybridized carbons (Fsp3) is 0.632. The van der Waals surface area contributed by atoms with Gasteiger partial charge in [-0.05, 0) is 37.6 Å². The van der Waals surface area contributed by atoms with E-state index in [9.17, 15) is 4.79 Å². The fourth-order valence-electron chi connectivity index (χ4n) is 2.98. The highest BCUT2D eigenvalue weighted by atomic mass is 16.2. The second-order valence-corrected chi connectivity index (χ2v) is 7.18. The van der Waals surface area contributed by atoms with E-state index < -0.39 is 0 Å². The van der Waals surface area contributed by atoms with E-state index in [0.29, 0.717) is 25.0 Å². The SMILES string of the molecule is CC(C)c1ccc(CCNC(=O)NC[C@@H]2CN(C)CCN2C)cc1. The van der Waals surface area contributed by atoms with Gasteiger partial charge in [0.1, 0.15) is 0 Å². The van der Waals surface area contributed by atoms with E-state index in [2.05, 4.69) is 72.6 Å². The molecule has 5 nitrogen and oxygen atoms in total. The van der Waals surface area contributed by atoms with E-state index in [1.54, 1.807) is 0 Å². The topological polar surface area (TPSA) is 47.6 Å². The summed E-state index contributed by atoms with van der Waals surface area (Å²) in [6, 6.07) is 8.97. The van der Waals surface area contributed by atoms with Crippen molar-refractivity contribution >= 4 is 6.03 Å². The molecule has 1 aliphatic rings. The van der Waals surface area contributed by atoms with Crippen molar-refractivity contribution in [1.82, 2.24) is 20.4 Å². The summed E-state index contributed by atoms with van der Waals surface area (Å²) in [6.45, 7) is 8.89. The van der Waals surface area contributed by atoms with Gasteiger partial charge in [0.2, 0.25) is 0 Å². The minimum absolute atomic E-state index is 0.0737. The smallest absolute Gasteiger partial charge is 0.314 e. The monoisotopic (exact) mass is 332 g/mol. The number of urea groups is 1. The van der Waals surface area contributed by atoms with E-state index in [-0.39, 0.29) is 6.03 Å². The molecule has 0 aliphatic carbocycles. The van der Waals surface area contributed by atoms with Gasteiger partial charge in [-0.3, -0.25) is 4.90 Å². The second kappa shape index (κ2) is 9.04. The summed E-state index contributed by atoms with van der Waals surface area (Å²) in [5.41, 5.74) is 2.61. The highest BCUT2D eigenvalue weighted by Gasteiger charge is 2.22. The van der Waals surface area contributed by atoms with Crippen LogP contribution in [0.5, 0.6) is 0 Å². The number of rotatable bonds is 6. The van der Waals surface area contributed by atoms with E-state index in [1.807, 2.05) is 0 Å². The van der Waals surface area contributed by atoms with Crippen molar-refractivity contribution in [3.63, 3.8) is 0 Å². The van der Waals surface area contributed by atoms with Gasteiger partial charge in [0.05, 0.1) is 0 Å². The molecular formula is C19H32N4O. The van der Waals surface area contributed by atoms with Crippen LogP contribution in [0.3, 0.4) is 0 Å². The summed E-state index contributed by atoms with van der Waals surface area (Å²) < 4.78 is 0. The van der Waals surface area contributed by atoms with Crippen molar-refractivity contribution in [3.05, 3.63) is 35.4 Å². The lowest BCUT2D eigenvalue weighted by molar-refractivity contribution is 0.114. The molecule has 134 valence electrons. The highest BCUT2D eigenvalue weighted by Crippen LogP contribution is 2.14. The highest BCUT2D eigenvalue weighted by molar-refractivity contribution is 5.73. The number of hydrogen-bond donors (Lipinski definition) is 2. The maximum Gasteiger partial charge on any atom is 0.314 e. The molecular weight excluding hydrogens is 300 g/mol. The lowest BCUT2D eigenvalue weighted by Crippen LogP contribution is -2.55. The second-order valence-electron chi connectivity index (χ2n) is 7.18.